The van der Waals surface area contributed by atoms with Crippen LogP contribution in [-0.4, -0.2) is 9.97 Å². The Balaban J connectivity index is 2.55. The first kappa shape index (κ1) is 9.86. The van der Waals surface area contributed by atoms with Crippen LogP contribution in [0.25, 0.3) is 11.4 Å². The van der Waals surface area contributed by atoms with E-state index in [0.717, 1.165) is 0 Å². The lowest BCUT2D eigenvalue weighted by molar-refractivity contribution is 0.628. The van der Waals surface area contributed by atoms with Crippen molar-refractivity contribution < 1.29 is 4.39 Å². The number of aromatic nitrogens is 2. The molecule has 0 saturated carbocycles. The smallest absolute Gasteiger partial charge is 0.251 e. The van der Waals surface area contributed by atoms with E-state index in [4.69, 9.17) is 11.6 Å². The Labute approximate surface area is 89.6 Å². The molecule has 1 aromatic carbocycles. The molecule has 0 amide bonds. The van der Waals surface area contributed by atoms with Crippen LogP contribution in [0.4, 0.5) is 4.39 Å². The summed E-state index contributed by atoms with van der Waals surface area (Å²) < 4.78 is 12.9. The first-order valence-corrected chi connectivity index (χ1v) is 4.55. The molecule has 0 atom stereocenters. The summed E-state index contributed by atoms with van der Waals surface area (Å²) in [6.07, 6.45) is 1.38. The molecule has 0 aliphatic heterocycles. The summed E-state index contributed by atoms with van der Waals surface area (Å²) in [6, 6.07) is 5.44. The highest BCUT2D eigenvalue weighted by Gasteiger charge is 2.04. The second kappa shape index (κ2) is 3.82. The van der Waals surface area contributed by atoms with Crippen molar-refractivity contribution in [1.29, 1.82) is 0 Å². The minimum Gasteiger partial charge on any atom is -0.307 e. The van der Waals surface area contributed by atoms with E-state index in [-0.39, 0.29) is 10.6 Å². The summed E-state index contributed by atoms with van der Waals surface area (Å²) >= 11 is 5.61. The van der Waals surface area contributed by atoms with Crippen LogP contribution in [0.5, 0.6) is 0 Å². The molecular formula is C10H6ClFN2O. The summed E-state index contributed by atoms with van der Waals surface area (Å²) in [7, 11) is 0. The van der Waals surface area contributed by atoms with Crippen LogP contribution in [0.1, 0.15) is 0 Å². The number of rotatable bonds is 1. The lowest BCUT2D eigenvalue weighted by Gasteiger charge is -2.00. The highest BCUT2D eigenvalue weighted by atomic mass is 35.5. The summed E-state index contributed by atoms with van der Waals surface area (Å²) in [5, 5.41) is -0.000924. The van der Waals surface area contributed by atoms with Crippen LogP contribution in [0.15, 0.2) is 35.3 Å². The quantitative estimate of drug-likeness (QED) is 0.808. The Bertz CT molecular complexity index is 553. The van der Waals surface area contributed by atoms with Gasteiger partial charge in [0, 0.05) is 17.8 Å². The number of hydrogen-bond donors (Lipinski definition) is 1. The number of benzene rings is 1. The van der Waals surface area contributed by atoms with Crippen LogP contribution in [0.2, 0.25) is 5.02 Å². The number of aromatic amines is 1. The largest absolute Gasteiger partial charge is 0.307 e. The first-order valence-electron chi connectivity index (χ1n) is 4.17. The molecule has 0 saturated heterocycles. The molecule has 0 aliphatic carbocycles. The number of hydrogen-bond acceptors (Lipinski definition) is 2. The predicted molar refractivity (Wildman–Crippen MR) is 55.3 cm³/mol. The Hall–Kier alpha value is -1.68. The molecule has 3 nitrogen and oxygen atoms in total. The maximum absolute atomic E-state index is 12.9. The van der Waals surface area contributed by atoms with E-state index in [1.165, 1.54) is 30.5 Å². The van der Waals surface area contributed by atoms with E-state index in [1.807, 2.05) is 0 Å². The van der Waals surface area contributed by atoms with Crippen LogP contribution < -0.4 is 5.56 Å². The zero-order valence-electron chi connectivity index (χ0n) is 7.50. The molecule has 2 aromatic rings. The molecule has 0 bridgehead atoms. The third-order valence-corrected chi connectivity index (χ3v) is 2.15. The fourth-order valence-corrected chi connectivity index (χ4v) is 1.34. The van der Waals surface area contributed by atoms with Crippen molar-refractivity contribution in [2.45, 2.75) is 0 Å². The number of H-pyrrole nitrogens is 1. The van der Waals surface area contributed by atoms with Gasteiger partial charge in [0.15, 0.2) is 0 Å². The minimum absolute atomic E-state index is 0.000924. The number of nitrogens with one attached hydrogen (secondary N) is 1. The van der Waals surface area contributed by atoms with Crippen molar-refractivity contribution in [2.24, 2.45) is 0 Å². The molecule has 1 heterocycles. The highest BCUT2D eigenvalue weighted by molar-refractivity contribution is 6.31. The Morgan fingerprint density at radius 2 is 2.13 bits per heavy atom. The average Bonchev–Trinajstić information content (AvgIpc) is 2.22. The topological polar surface area (TPSA) is 45.8 Å². The molecule has 5 heteroatoms. The normalized spacial score (nSPS) is 10.3. The van der Waals surface area contributed by atoms with Gasteiger partial charge < -0.3 is 4.98 Å². The van der Waals surface area contributed by atoms with Gasteiger partial charge in [-0.25, -0.2) is 9.37 Å². The zero-order valence-corrected chi connectivity index (χ0v) is 8.25. The van der Waals surface area contributed by atoms with Gasteiger partial charge in [-0.05, 0) is 18.2 Å². The van der Waals surface area contributed by atoms with Crippen molar-refractivity contribution in [3.05, 3.63) is 51.7 Å². The van der Waals surface area contributed by atoms with Gasteiger partial charge in [0.1, 0.15) is 11.6 Å². The van der Waals surface area contributed by atoms with Crippen molar-refractivity contribution in [3.8, 4) is 11.4 Å². The molecule has 76 valence electrons. The molecular weight excluding hydrogens is 219 g/mol. The molecule has 0 radical (unpaired) electrons. The summed E-state index contributed by atoms with van der Waals surface area (Å²) in [5.41, 5.74) is 0.305. The summed E-state index contributed by atoms with van der Waals surface area (Å²) in [4.78, 5) is 17.5. The van der Waals surface area contributed by atoms with Gasteiger partial charge in [-0.15, -0.1) is 0 Å². The fourth-order valence-electron chi connectivity index (χ4n) is 1.16. The zero-order chi connectivity index (χ0) is 10.8. The van der Waals surface area contributed by atoms with Gasteiger partial charge in [-0.3, -0.25) is 4.79 Å². The van der Waals surface area contributed by atoms with Gasteiger partial charge in [0.2, 0.25) is 0 Å². The van der Waals surface area contributed by atoms with E-state index in [2.05, 4.69) is 9.97 Å². The average molecular weight is 225 g/mol. The molecule has 0 spiro atoms. The fraction of sp³-hybridized carbons (Fsp3) is 0. The molecule has 0 unspecified atom stereocenters. The van der Waals surface area contributed by atoms with Crippen LogP contribution in [0, 0.1) is 5.82 Å². The van der Waals surface area contributed by atoms with Crippen LogP contribution in [-0.2, 0) is 0 Å². The summed E-state index contributed by atoms with van der Waals surface area (Å²) in [5.74, 6) is -0.136. The maximum Gasteiger partial charge on any atom is 0.251 e. The Morgan fingerprint density at radius 1 is 1.33 bits per heavy atom. The second-order valence-corrected chi connectivity index (χ2v) is 3.32. The first-order chi connectivity index (χ1) is 7.16. The molecule has 0 fully saturated rings. The molecule has 0 aliphatic rings. The van der Waals surface area contributed by atoms with Crippen molar-refractivity contribution in [1.82, 2.24) is 9.97 Å². The third kappa shape index (κ3) is 2.05. The van der Waals surface area contributed by atoms with E-state index in [9.17, 15) is 9.18 Å². The van der Waals surface area contributed by atoms with Gasteiger partial charge in [0.25, 0.3) is 5.56 Å². The number of nitrogens with zero attached hydrogens (tertiary/aromatic N) is 1. The minimum atomic E-state index is -0.501. The van der Waals surface area contributed by atoms with Crippen molar-refractivity contribution in [2.75, 3.05) is 0 Å². The molecule has 2 rings (SSSR count). The van der Waals surface area contributed by atoms with E-state index < -0.39 is 5.82 Å². The van der Waals surface area contributed by atoms with E-state index in [0.29, 0.717) is 11.4 Å². The van der Waals surface area contributed by atoms with Crippen molar-refractivity contribution in [3.63, 3.8) is 0 Å². The van der Waals surface area contributed by atoms with Gasteiger partial charge >= 0.3 is 0 Å². The Morgan fingerprint density at radius 3 is 2.80 bits per heavy atom. The molecule has 1 N–H and O–H groups in total. The lowest BCUT2D eigenvalue weighted by Crippen LogP contribution is -2.05. The molecule has 15 heavy (non-hydrogen) atoms. The monoisotopic (exact) mass is 224 g/mol. The lowest BCUT2D eigenvalue weighted by atomic mass is 10.2. The van der Waals surface area contributed by atoms with E-state index >= 15 is 0 Å². The second-order valence-electron chi connectivity index (χ2n) is 2.91. The molecule has 1 aromatic heterocycles. The van der Waals surface area contributed by atoms with Gasteiger partial charge in [0.05, 0.1) is 5.02 Å². The van der Waals surface area contributed by atoms with Gasteiger partial charge in [-0.1, -0.05) is 11.6 Å². The highest BCUT2D eigenvalue weighted by Crippen LogP contribution is 2.21. The summed E-state index contributed by atoms with van der Waals surface area (Å²) in [6.45, 7) is 0. The van der Waals surface area contributed by atoms with Crippen molar-refractivity contribution >= 4 is 11.6 Å². The standard InChI is InChI=1S/C10H6ClFN2O/c11-7-5-6(1-2-8(7)12)10-13-4-3-9(15)14-10/h1-5H,(H,13,14,15). The van der Waals surface area contributed by atoms with Crippen LogP contribution in [0.3, 0.4) is 0 Å². The third-order valence-electron chi connectivity index (χ3n) is 1.86. The maximum atomic E-state index is 12.9. The predicted octanol–water partition coefficient (Wildman–Crippen LogP) is 2.23. The SMILES string of the molecule is O=c1ccnc(-c2ccc(F)c(Cl)c2)[nH]1. The number of halogens is 2. The Kier molecular flexibility index (Phi) is 2.51. The van der Waals surface area contributed by atoms with E-state index in [1.54, 1.807) is 0 Å². The van der Waals surface area contributed by atoms with Gasteiger partial charge in [-0.2, -0.15) is 0 Å². The van der Waals surface area contributed by atoms with Crippen LogP contribution >= 0.6 is 11.6 Å².